The highest BCUT2D eigenvalue weighted by molar-refractivity contribution is 5.60. The van der Waals surface area contributed by atoms with E-state index in [0.29, 0.717) is 12.5 Å². The van der Waals surface area contributed by atoms with Crippen LogP contribution in [0.5, 0.6) is 0 Å². The fourth-order valence-electron chi connectivity index (χ4n) is 1.80. The number of rotatable bonds is 8. The summed E-state index contributed by atoms with van der Waals surface area (Å²) >= 11 is 0. The zero-order valence-corrected chi connectivity index (χ0v) is 12.9. The maximum absolute atomic E-state index is 11.5. The second-order valence-electron chi connectivity index (χ2n) is 5.83. The zero-order valence-electron chi connectivity index (χ0n) is 12.9. The molecule has 3 heteroatoms. The fraction of sp³-hybridized carbons (Fsp3) is 0.933. The van der Waals surface area contributed by atoms with E-state index in [-0.39, 0.29) is 11.5 Å². The van der Waals surface area contributed by atoms with Crippen LogP contribution in [0.25, 0.3) is 0 Å². The molecule has 0 aliphatic heterocycles. The first-order chi connectivity index (χ1) is 8.35. The molecule has 0 aromatic carbocycles. The Kier molecular flexibility index (Phi) is 8.05. The van der Waals surface area contributed by atoms with Gasteiger partial charge in [0.05, 0.1) is 6.61 Å². The number of hydrogen-bond donors (Lipinski definition) is 0. The molecule has 2 atom stereocenters. The van der Waals surface area contributed by atoms with E-state index in [1.165, 1.54) is 12.8 Å². The normalized spacial score (nSPS) is 16.2. The lowest BCUT2D eigenvalue weighted by Gasteiger charge is -2.34. The van der Waals surface area contributed by atoms with Crippen LogP contribution in [-0.2, 0) is 9.47 Å². The van der Waals surface area contributed by atoms with E-state index >= 15 is 0 Å². The quantitative estimate of drug-likeness (QED) is 0.587. The highest BCUT2D eigenvalue weighted by atomic mass is 16.7. The highest BCUT2D eigenvalue weighted by Gasteiger charge is 2.32. The van der Waals surface area contributed by atoms with Crippen LogP contribution in [-0.4, -0.2) is 18.9 Å². The van der Waals surface area contributed by atoms with Crippen LogP contribution in [0.3, 0.4) is 0 Å². The first-order valence-corrected chi connectivity index (χ1v) is 7.19. The van der Waals surface area contributed by atoms with Gasteiger partial charge in [-0.3, -0.25) is 0 Å². The summed E-state index contributed by atoms with van der Waals surface area (Å²) in [7, 11) is 0. The molecule has 0 aromatic heterocycles. The Morgan fingerprint density at radius 1 is 1.22 bits per heavy atom. The van der Waals surface area contributed by atoms with Gasteiger partial charge in [-0.2, -0.15) is 0 Å². The van der Waals surface area contributed by atoms with Crippen molar-refractivity contribution in [2.45, 2.75) is 73.3 Å². The molecule has 0 rings (SSSR count). The first-order valence-electron chi connectivity index (χ1n) is 7.19. The van der Waals surface area contributed by atoms with Gasteiger partial charge in [0.1, 0.15) is 6.10 Å². The summed E-state index contributed by atoms with van der Waals surface area (Å²) in [4.78, 5) is 11.5. The molecule has 108 valence electrons. The minimum Gasteiger partial charge on any atom is -0.434 e. The summed E-state index contributed by atoms with van der Waals surface area (Å²) in [5, 5.41) is 0. The third-order valence-electron chi connectivity index (χ3n) is 3.70. The fourth-order valence-corrected chi connectivity index (χ4v) is 1.80. The lowest BCUT2D eigenvalue weighted by molar-refractivity contribution is -0.0278. The minimum atomic E-state index is -0.535. The molecule has 0 amide bonds. The largest absolute Gasteiger partial charge is 0.508 e. The number of unbranched alkanes of at least 4 members (excludes halogenated alkanes) is 1. The van der Waals surface area contributed by atoms with Gasteiger partial charge in [-0.1, -0.05) is 47.5 Å². The monoisotopic (exact) mass is 258 g/mol. The number of carbonyl (C=O) groups is 1. The average molecular weight is 258 g/mol. The molecular weight excluding hydrogens is 228 g/mol. The van der Waals surface area contributed by atoms with Crippen molar-refractivity contribution in [3.8, 4) is 0 Å². The molecule has 0 aliphatic rings. The van der Waals surface area contributed by atoms with Crippen molar-refractivity contribution in [2.75, 3.05) is 6.61 Å². The van der Waals surface area contributed by atoms with Gasteiger partial charge in [-0.25, -0.2) is 4.79 Å². The third kappa shape index (κ3) is 6.27. The molecule has 0 N–H and O–H groups in total. The van der Waals surface area contributed by atoms with E-state index in [9.17, 15) is 4.79 Å². The standard InChI is InChI=1S/C15H30O3/c1-7-9-10-15(6,8-2)13(5)18-14(16)17-11-12(3)4/h12-13H,7-11H2,1-6H3. The smallest absolute Gasteiger partial charge is 0.434 e. The SMILES string of the molecule is CCCCC(C)(CC)C(C)OC(=O)OCC(C)C. The van der Waals surface area contributed by atoms with Gasteiger partial charge in [-0.15, -0.1) is 0 Å². The van der Waals surface area contributed by atoms with Gasteiger partial charge in [-0.05, 0) is 25.7 Å². The molecular formula is C15H30O3. The summed E-state index contributed by atoms with van der Waals surface area (Å²) in [5.74, 6) is 0.338. The average Bonchev–Trinajstić information content (AvgIpc) is 2.33. The molecule has 18 heavy (non-hydrogen) atoms. The number of carbonyl (C=O) groups excluding carboxylic acids is 1. The Balaban J connectivity index is 4.25. The second kappa shape index (κ2) is 8.39. The molecule has 0 saturated heterocycles. The van der Waals surface area contributed by atoms with Crippen molar-refractivity contribution in [1.82, 2.24) is 0 Å². The van der Waals surface area contributed by atoms with Gasteiger partial charge in [0.15, 0.2) is 0 Å². The molecule has 0 aromatic rings. The van der Waals surface area contributed by atoms with E-state index in [2.05, 4.69) is 20.8 Å². The number of ether oxygens (including phenoxy) is 2. The predicted octanol–water partition coefficient (Wildman–Crippen LogP) is 4.79. The third-order valence-corrected chi connectivity index (χ3v) is 3.70. The molecule has 0 heterocycles. The Morgan fingerprint density at radius 3 is 2.28 bits per heavy atom. The molecule has 3 nitrogen and oxygen atoms in total. The van der Waals surface area contributed by atoms with Crippen LogP contribution in [0.15, 0.2) is 0 Å². The molecule has 0 radical (unpaired) electrons. The molecule has 0 saturated carbocycles. The molecule has 0 spiro atoms. The van der Waals surface area contributed by atoms with Crippen LogP contribution < -0.4 is 0 Å². The Bertz CT molecular complexity index is 238. The zero-order chi connectivity index (χ0) is 14.2. The molecule has 2 unspecified atom stereocenters. The summed E-state index contributed by atoms with van der Waals surface area (Å²) in [6.45, 7) is 12.9. The maximum Gasteiger partial charge on any atom is 0.508 e. The van der Waals surface area contributed by atoms with E-state index in [1.807, 2.05) is 20.8 Å². The molecule has 0 fully saturated rings. The van der Waals surface area contributed by atoms with Crippen LogP contribution in [0.4, 0.5) is 4.79 Å². The van der Waals surface area contributed by atoms with E-state index in [1.54, 1.807) is 0 Å². The summed E-state index contributed by atoms with van der Waals surface area (Å²) in [6.07, 6.45) is 3.78. The van der Waals surface area contributed by atoms with Crippen LogP contribution >= 0.6 is 0 Å². The van der Waals surface area contributed by atoms with E-state index < -0.39 is 6.16 Å². The Morgan fingerprint density at radius 2 is 1.83 bits per heavy atom. The minimum absolute atomic E-state index is 0.0485. The second-order valence-corrected chi connectivity index (χ2v) is 5.83. The van der Waals surface area contributed by atoms with Gasteiger partial charge in [0.25, 0.3) is 0 Å². The number of hydrogen-bond acceptors (Lipinski definition) is 3. The lowest BCUT2D eigenvalue weighted by atomic mass is 9.78. The Labute approximate surface area is 112 Å². The van der Waals surface area contributed by atoms with Gasteiger partial charge < -0.3 is 9.47 Å². The van der Waals surface area contributed by atoms with Crippen molar-refractivity contribution in [2.24, 2.45) is 11.3 Å². The van der Waals surface area contributed by atoms with Crippen LogP contribution in [0.1, 0.15) is 67.2 Å². The Hall–Kier alpha value is -0.730. The summed E-state index contributed by atoms with van der Waals surface area (Å²) < 4.78 is 10.4. The van der Waals surface area contributed by atoms with E-state index in [4.69, 9.17) is 9.47 Å². The van der Waals surface area contributed by atoms with Crippen molar-refractivity contribution in [1.29, 1.82) is 0 Å². The highest BCUT2D eigenvalue weighted by Crippen LogP contribution is 2.34. The van der Waals surface area contributed by atoms with Crippen molar-refractivity contribution in [3.05, 3.63) is 0 Å². The van der Waals surface area contributed by atoms with Gasteiger partial charge >= 0.3 is 6.16 Å². The molecule has 0 bridgehead atoms. The topological polar surface area (TPSA) is 35.5 Å². The predicted molar refractivity (Wildman–Crippen MR) is 74.7 cm³/mol. The van der Waals surface area contributed by atoms with Crippen LogP contribution in [0, 0.1) is 11.3 Å². The van der Waals surface area contributed by atoms with Crippen molar-refractivity contribution >= 4 is 6.16 Å². The van der Waals surface area contributed by atoms with Crippen molar-refractivity contribution in [3.63, 3.8) is 0 Å². The summed E-state index contributed by atoms with van der Waals surface area (Å²) in [5.41, 5.74) is 0.0485. The first kappa shape index (κ1) is 17.3. The van der Waals surface area contributed by atoms with Gasteiger partial charge in [0.2, 0.25) is 0 Å². The lowest BCUT2D eigenvalue weighted by Crippen LogP contribution is -2.34. The molecule has 0 aliphatic carbocycles. The van der Waals surface area contributed by atoms with Crippen LogP contribution in [0.2, 0.25) is 0 Å². The van der Waals surface area contributed by atoms with Gasteiger partial charge in [0, 0.05) is 5.41 Å². The summed E-state index contributed by atoms with van der Waals surface area (Å²) in [6, 6.07) is 0. The van der Waals surface area contributed by atoms with E-state index in [0.717, 1.165) is 12.8 Å². The van der Waals surface area contributed by atoms with Crippen molar-refractivity contribution < 1.29 is 14.3 Å². The maximum atomic E-state index is 11.5.